The fraction of sp³-hybridized carbons (Fsp3) is 0.600. The van der Waals surface area contributed by atoms with E-state index in [0.29, 0.717) is 23.9 Å². The number of aromatic nitrogens is 3. The van der Waals surface area contributed by atoms with Gasteiger partial charge >= 0.3 is 5.97 Å². The van der Waals surface area contributed by atoms with E-state index in [9.17, 15) is 4.79 Å². The molecule has 0 aliphatic carbocycles. The van der Waals surface area contributed by atoms with Crippen molar-refractivity contribution in [1.82, 2.24) is 14.3 Å². The molecule has 3 aromatic rings. The van der Waals surface area contributed by atoms with Crippen LogP contribution in [0.2, 0.25) is 23.2 Å². The Morgan fingerprint density at radius 1 is 1.23 bits per heavy atom. The fourth-order valence-corrected chi connectivity index (χ4v) is 7.28. The third-order valence-electron chi connectivity index (χ3n) is 8.62. The Balaban J connectivity index is 1.82. The predicted molar refractivity (Wildman–Crippen MR) is 173 cm³/mol. The van der Waals surface area contributed by atoms with E-state index in [0.717, 1.165) is 75.7 Å². The Morgan fingerprint density at radius 2 is 1.95 bits per heavy atom. The summed E-state index contributed by atoms with van der Waals surface area (Å²) >= 11 is 9.35. The van der Waals surface area contributed by atoms with Gasteiger partial charge in [0, 0.05) is 56.9 Å². The van der Waals surface area contributed by atoms with Gasteiger partial charge in [0.05, 0.1) is 12.8 Å². The monoisotopic (exact) mass is 699 g/mol. The van der Waals surface area contributed by atoms with Crippen molar-refractivity contribution in [2.75, 3.05) is 20.3 Å². The van der Waals surface area contributed by atoms with E-state index in [1.807, 2.05) is 23.7 Å². The standard InChI is InChI=1S/C30H43ClIN3O4Si/c1-19-25-23(34(28(19)29(36)37-6)15-11-17-39-40(7,8)30(3,4)5)14-13-21(31)27(25)26-20(2)35(33-22(26)18-32)24-12-9-10-16-38-24/h13-14,24H,9-12,15-18H2,1-8H3. The second-order valence-corrected chi connectivity index (χ2v) is 18.2. The largest absolute Gasteiger partial charge is 0.464 e. The van der Waals surface area contributed by atoms with Crippen LogP contribution in [0, 0.1) is 13.8 Å². The van der Waals surface area contributed by atoms with Crippen LogP contribution in [0.3, 0.4) is 0 Å². The van der Waals surface area contributed by atoms with Crippen LogP contribution >= 0.6 is 34.2 Å². The van der Waals surface area contributed by atoms with E-state index in [1.165, 1.54) is 7.11 Å². The summed E-state index contributed by atoms with van der Waals surface area (Å²) in [4.78, 5) is 13.1. The van der Waals surface area contributed by atoms with Crippen molar-refractivity contribution in [1.29, 1.82) is 0 Å². The number of fused-ring (bicyclic) bond motifs is 1. The normalized spacial score (nSPS) is 16.6. The minimum Gasteiger partial charge on any atom is -0.464 e. The molecule has 0 bridgehead atoms. The van der Waals surface area contributed by atoms with E-state index in [4.69, 9.17) is 30.6 Å². The van der Waals surface area contributed by atoms with Crippen LogP contribution in [0.4, 0.5) is 0 Å². The summed E-state index contributed by atoms with van der Waals surface area (Å²) in [5, 5.41) is 6.76. The lowest BCUT2D eigenvalue weighted by atomic mass is 9.97. The summed E-state index contributed by atoms with van der Waals surface area (Å²) in [7, 11) is -0.427. The minimum absolute atomic E-state index is 0.0700. The highest BCUT2D eigenvalue weighted by molar-refractivity contribution is 14.1. The molecule has 1 aliphatic heterocycles. The van der Waals surface area contributed by atoms with Crippen LogP contribution in [0.1, 0.15) is 80.1 Å². The van der Waals surface area contributed by atoms with Gasteiger partial charge < -0.3 is 18.5 Å². The minimum atomic E-state index is -1.86. The molecule has 0 N–H and O–H groups in total. The number of ether oxygens (including phenoxy) is 2. The molecule has 1 aromatic carbocycles. The molecule has 2 aromatic heterocycles. The molecule has 0 spiro atoms. The molecule has 1 saturated heterocycles. The van der Waals surface area contributed by atoms with Gasteiger partial charge in [0.15, 0.2) is 8.32 Å². The number of nitrogens with zero attached hydrogens (tertiary/aromatic N) is 3. The number of methoxy groups -OCH3 is 1. The van der Waals surface area contributed by atoms with Gasteiger partial charge in [0.25, 0.3) is 0 Å². The number of carbonyl (C=O) groups is 1. The van der Waals surface area contributed by atoms with Crippen LogP contribution < -0.4 is 0 Å². The van der Waals surface area contributed by atoms with Gasteiger partial charge in [-0.2, -0.15) is 5.10 Å². The number of esters is 1. The topological polar surface area (TPSA) is 67.5 Å². The highest BCUT2D eigenvalue weighted by atomic mass is 127. The third kappa shape index (κ3) is 5.91. The number of alkyl halides is 1. The van der Waals surface area contributed by atoms with Gasteiger partial charge in [-0.3, -0.25) is 0 Å². The summed E-state index contributed by atoms with van der Waals surface area (Å²) in [6.45, 7) is 17.4. The van der Waals surface area contributed by atoms with Crippen molar-refractivity contribution in [3.63, 3.8) is 0 Å². The predicted octanol–water partition coefficient (Wildman–Crippen LogP) is 8.61. The van der Waals surface area contributed by atoms with Crippen molar-refractivity contribution in [3.05, 3.63) is 39.8 Å². The van der Waals surface area contributed by atoms with Crippen LogP contribution in [0.15, 0.2) is 12.1 Å². The van der Waals surface area contributed by atoms with Gasteiger partial charge in [0.1, 0.15) is 11.9 Å². The van der Waals surface area contributed by atoms with E-state index in [-0.39, 0.29) is 17.2 Å². The molecular weight excluding hydrogens is 657 g/mol. The number of halogens is 2. The van der Waals surface area contributed by atoms with Crippen molar-refractivity contribution < 1.29 is 18.7 Å². The first-order valence-electron chi connectivity index (χ1n) is 14.1. The lowest BCUT2D eigenvalue weighted by Crippen LogP contribution is -2.41. The second kappa shape index (κ2) is 12.4. The van der Waals surface area contributed by atoms with Gasteiger partial charge in [0.2, 0.25) is 0 Å². The zero-order chi connectivity index (χ0) is 29.4. The van der Waals surface area contributed by atoms with E-state index < -0.39 is 8.32 Å². The Bertz CT molecular complexity index is 1390. The van der Waals surface area contributed by atoms with Gasteiger partial charge in [-0.15, -0.1) is 0 Å². The number of benzene rings is 1. The molecule has 220 valence electrons. The van der Waals surface area contributed by atoms with E-state index in [1.54, 1.807) is 0 Å². The van der Waals surface area contributed by atoms with E-state index in [2.05, 4.69) is 67.9 Å². The summed E-state index contributed by atoms with van der Waals surface area (Å²) in [6, 6.07) is 3.95. The second-order valence-electron chi connectivity index (χ2n) is 12.2. The van der Waals surface area contributed by atoms with Crippen LogP contribution in [0.5, 0.6) is 0 Å². The molecule has 1 fully saturated rings. The maximum absolute atomic E-state index is 13.1. The molecule has 1 atom stereocenters. The third-order valence-corrected chi connectivity index (χ3v) is 14.2. The summed E-state index contributed by atoms with van der Waals surface area (Å²) in [5.74, 6) is -0.349. The molecule has 0 amide bonds. The quantitative estimate of drug-likeness (QED) is 0.0736. The molecule has 10 heteroatoms. The molecule has 7 nitrogen and oxygen atoms in total. The van der Waals surface area contributed by atoms with Gasteiger partial charge in [-0.05, 0) is 75.4 Å². The summed E-state index contributed by atoms with van der Waals surface area (Å²) in [6.07, 6.45) is 3.86. The molecule has 40 heavy (non-hydrogen) atoms. The molecule has 1 aliphatic rings. The highest BCUT2D eigenvalue weighted by Crippen LogP contribution is 2.44. The number of aryl methyl sites for hydroxylation is 2. The Labute approximate surface area is 258 Å². The maximum Gasteiger partial charge on any atom is 0.354 e. The maximum atomic E-state index is 13.1. The molecular formula is C30H43ClIN3O4Si. The first-order chi connectivity index (χ1) is 18.8. The first kappa shape index (κ1) is 31.5. The SMILES string of the molecule is COC(=O)c1c(C)c2c(-c3c(CI)nn(C4CCCCO4)c3C)c(Cl)ccc2n1CCCO[Si](C)(C)C(C)(C)C. The molecule has 1 unspecified atom stereocenters. The van der Waals surface area contributed by atoms with Crippen LogP contribution in [-0.4, -0.2) is 49.0 Å². The Hall–Kier alpha value is -1.40. The van der Waals surface area contributed by atoms with E-state index >= 15 is 0 Å². The van der Waals surface area contributed by atoms with Gasteiger partial charge in [-0.25, -0.2) is 9.48 Å². The Kier molecular flexibility index (Phi) is 9.81. The smallest absolute Gasteiger partial charge is 0.354 e. The Morgan fingerprint density at radius 3 is 2.55 bits per heavy atom. The summed E-state index contributed by atoms with van der Waals surface area (Å²) < 4.78 is 22.7. The summed E-state index contributed by atoms with van der Waals surface area (Å²) in [5.41, 5.74) is 6.33. The van der Waals surface area contributed by atoms with Crippen molar-refractivity contribution >= 4 is 59.4 Å². The molecule has 3 heterocycles. The van der Waals surface area contributed by atoms with Crippen LogP contribution in [0.25, 0.3) is 22.0 Å². The van der Waals surface area contributed by atoms with Gasteiger partial charge in [-0.1, -0.05) is 55.0 Å². The number of hydrogen-bond acceptors (Lipinski definition) is 5. The zero-order valence-corrected chi connectivity index (χ0v) is 29.0. The lowest BCUT2D eigenvalue weighted by molar-refractivity contribution is -0.0407. The number of hydrogen-bond donors (Lipinski definition) is 0. The average Bonchev–Trinajstić information content (AvgIpc) is 3.39. The zero-order valence-electron chi connectivity index (χ0n) is 25.1. The van der Waals surface area contributed by atoms with Crippen molar-refractivity contribution in [2.24, 2.45) is 0 Å². The van der Waals surface area contributed by atoms with Crippen molar-refractivity contribution in [3.8, 4) is 11.1 Å². The van der Waals surface area contributed by atoms with Crippen molar-refractivity contribution in [2.45, 2.75) is 95.6 Å². The molecule has 4 rings (SSSR count). The number of rotatable bonds is 9. The first-order valence-corrected chi connectivity index (χ1v) is 18.9. The van der Waals surface area contributed by atoms with Crippen LogP contribution in [-0.2, 0) is 24.9 Å². The average molecular weight is 700 g/mol. The highest BCUT2D eigenvalue weighted by Gasteiger charge is 2.37. The molecule has 0 radical (unpaired) electrons. The number of carbonyl (C=O) groups excluding carboxylic acids is 1. The fourth-order valence-electron chi connectivity index (χ4n) is 5.41. The lowest BCUT2D eigenvalue weighted by Gasteiger charge is -2.36. The molecule has 0 saturated carbocycles.